The lowest BCUT2D eigenvalue weighted by Crippen LogP contribution is -2.39. The second-order valence-electron chi connectivity index (χ2n) is 6.15. The lowest BCUT2D eigenvalue weighted by atomic mass is 10.2. The third-order valence-electron chi connectivity index (χ3n) is 4.26. The maximum atomic E-state index is 6.12. The molecule has 1 aliphatic heterocycles. The van der Waals surface area contributed by atoms with Crippen molar-refractivity contribution < 1.29 is 9.47 Å². The molecule has 1 aromatic heterocycles. The highest BCUT2D eigenvalue weighted by atomic mass is 35.5. The van der Waals surface area contributed by atoms with Crippen molar-refractivity contribution in [3.05, 3.63) is 53.3 Å². The van der Waals surface area contributed by atoms with Crippen molar-refractivity contribution in [1.29, 1.82) is 0 Å². The van der Waals surface area contributed by atoms with E-state index in [2.05, 4.69) is 15.2 Å². The van der Waals surface area contributed by atoms with Crippen molar-refractivity contribution in [2.24, 2.45) is 0 Å². The number of halogens is 1. The molecule has 138 valence electrons. The van der Waals surface area contributed by atoms with E-state index in [0.717, 1.165) is 37.2 Å². The Morgan fingerprint density at radius 1 is 1.38 bits per heavy atom. The standard InChI is InChI=1S/C19H22ClN3O2S/c1-24-18-5-4-15(20)11-17(18)22-19(26)23(13-16-3-2-10-25-16)12-14-6-8-21-9-7-14/h4-9,11,16H,2-3,10,12-13H2,1H3,(H,22,26)/t16-/m1/s1. The minimum Gasteiger partial charge on any atom is -0.495 e. The smallest absolute Gasteiger partial charge is 0.173 e. The second-order valence-corrected chi connectivity index (χ2v) is 6.97. The summed E-state index contributed by atoms with van der Waals surface area (Å²) in [5.41, 5.74) is 1.89. The molecule has 2 heterocycles. The van der Waals surface area contributed by atoms with Crippen molar-refractivity contribution in [3.8, 4) is 5.75 Å². The van der Waals surface area contributed by atoms with Gasteiger partial charge in [0.05, 0.1) is 18.9 Å². The summed E-state index contributed by atoms with van der Waals surface area (Å²) in [5, 5.41) is 4.50. The topological polar surface area (TPSA) is 46.6 Å². The summed E-state index contributed by atoms with van der Waals surface area (Å²) >= 11 is 11.8. The number of aromatic nitrogens is 1. The van der Waals surface area contributed by atoms with Crippen LogP contribution in [0.1, 0.15) is 18.4 Å². The molecule has 26 heavy (non-hydrogen) atoms. The zero-order chi connectivity index (χ0) is 18.4. The van der Waals surface area contributed by atoms with Gasteiger partial charge in [-0.15, -0.1) is 0 Å². The molecule has 1 saturated heterocycles. The van der Waals surface area contributed by atoms with Crippen molar-refractivity contribution >= 4 is 34.6 Å². The molecule has 3 rings (SSSR count). The summed E-state index contributed by atoms with van der Waals surface area (Å²) < 4.78 is 11.2. The average molecular weight is 392 g/mol. The van der Waals surface area contributed by atoms with Gasteiger partial charge < -0.3 is 19.7 Å². The lowest BCUT2D eigenvalue weighted by Gasteiger charge is -2.28. The maximum absolute atomic E-state index is 6.12. The number of methoxy groups -OCH3 is 1. The molecule has 1 fully saturated rings. The highest BCUT2D eigenvalue weighted by molar-refractivity contribution is 7.80. The molecule has 1 atom stereocenters. The second kappa shape index (κ2) is 9.16. The zero-order valence-electron chi connectivity index (χ0n) is 14.7. The molecular weight excluding hydrogens is 370 g/mol. The fraction of sp³-hybridized carbons (Fsp3) is 0.368. The van der Waals surface area contributed by atoms with E-state index < -0.39 is 0 Å². The van der Waals surface area contributed by atoms with Crippen LogP contribution in [0.3, 0.4) is 0 Å². The minimum atomic E-state index is 0.192. The number of nitrogens with one attached hydrogen (secondary N) is 1. The van der Waals surface area contributed by atoms with Gasteiger partial charge in [0.1, 0.15) is 5.75 Å². The van der Waals surface area contributed by atoms with Gasteiger partial charge in [0.15, 0.2) is 5.11 Å². The number of benzene rings is 1. The van der Waals surface area contributed by atoms with Crippen LogP contribution in [0.2, 0.25) is 5.02 Å². The van der Waals surface area contributed by atoms with Crippen LogP contribution >= 0.6 is 23.8 Å². The Balaban J connectivity index is 1.76. The van der Waals surface area contributed by atoms with Crippen LogP contribution in [0.25, 0.3) is 0 Å². The average Bonchev–Trinajstić information content (AvgIpc) is 3.15. The maximum Gasteiger partial charge on any atom is 0.173 e. The third kappa shape index (κ3) is 5.06. The number of nitrogens with zero attached hydrogens (tertiary/aromatic N) is 2. The predicted molar refractivity (Wildman–Crippen MR) is 108 cm³/mol. The Morgan fingerprint density at radius 3 is 2.88 bits per heavy atom. The molecule has 0 spiro atoms. The largest absolute Gasteiger partial charge is 0.495 e. The van der Waals surface area contributed by atoms with Crippen LogP contribution in [0.15, 0.2) is 42.7 Å². The molecule has 2 aromatic rings. The van der Waals surface area contributed by atoms with Crippen molar-refractivity contribution in [3.63, 3.8) is 0 Å². The molecule has 1 N–H and O–H groups in total. The van der Waals surface area contributed by atoms with Crippen LogP contribution in [0, 0.1) is 0 Å². The van der Waals surface area contributed by atoms with Crippen LogP contribution in [0.5, 0.6) is 5.75 Å². The molecule has 0 amide bonds. The van der Waals surface area contributed by atoms with E-state index in [-0.39, 0.29) is 6.10 Å². The van der Waals surface area contributed by atoms with E-state index in [4.69, 9.17) is 33.3 Å². The number of anilines is 1. The van der Waals surface area contributed by atoms with Gasteiger partial charge in [0, 0.05) is 37.1 Å². The first-order valence-electron chi connectivity index (χ1n) is 8.55. The van der Waals surface area contributed by atoms with Gasteiger partial charge in [-0.25, -0.2) is 0 Å². The normalized spacial score (nSPS) is 16.3. The number of hydrogen-bond acceptors (Lipinski definition) is 4. The third-order valence-corrected chi connectivity index (χ3v) is 4.86. The monoisotopic (exact) mass is 391 g/mol. The van der Waals surface area contributed by atoms with Crippen LogP contribution in [-0.2, 0) is 11.3 Å². The Kier molecular flexibility index (Phi) is 6.66. The van der Waals surface area contributed by atoms with Crippen molar-refractivity contribution in [2.45, 2.75) is 25.5 Å². The van der Waals surface area contributed by atoms with E-state index in [0.29, 0.717) is 22.4 Å². The SMILES string of the molecule is COc1ccc(Cl)cc1NC(=S)N(Cc1ccncc1)C[C@H]1CCCO1. The van der Waals surface area contributed by atoms with Crippen LogP contribution in [-0.4, -0.2) is 41.4 Å². The molecule has 0 unspecified atom stereocenters. The van der Waals surface area contributed by atoms with Gasteiger partial charge >= 0.3 is 0 Å². The summed E-state index contributed by atoms with van der Waals surface area (Å²) in [5.74, 6) is 0.692. The molecule has 0 aliphatic carbocycles. The van der Waals surface area contributed by atoms with Gasteiger partial charge in [0.2, 0.25) is 0 Å². The Hall–Kier alpha value is -1.89. The van der Waals surface area contributed by atoms with Gasteiger partial charge in [-0.3, -0.25) is 4.98 Å². The first-order chi connectivity index (χ1) is 12.7. The van der Waals surface area contributed by atoms with Gasteiger partial charge in [-0.2, -0.15) is 0 Å². The van der Waals surface area contributed by atoms with Crippen LogP contribution < -0.4 is 10.1 Å². The van der Waals surface area contributed by atoms with Gasteiger partial charge in [-0.1, -0.05) is 11.6 Å². The fourth-order valence-electron chi connectivity index (χ4n) is 2.93. The van der Waals surface area contributed by atoms with E-state index in [1.807, 2.05) is 24.3 Å². The zero-order valence-corrected chi connectivity index (χ0v) is 16.2. The van der Waals surface area contributed by atoms with Crippen molar-refractivity contribution in [1.82, 2.24) is 9.88 Å². The first kappa shape index (κ1) is 18.9. The number of thiocarbonyl (C=S) groups is 1. The number of pyridine rings is 1. The molecule has 7 heteroatoms. The Labute approximate surface area is 164 Å². The predicted octanol–water partition coefficient (Wildman–Crippen LogP) is 4.12. The highest BCUT2D eigenvalue weighted by Crippen LogP contribution is 2.28. The number of hydrogen-bond donors (Lipinski definition) is 1. The van der Waals surface area contributed by atoms with Crippen molar-refractivity contribution in [2.75, 3.05) is 25.6 Å². The molecule has 0 bridgehead atoms. The fourth-order valence-corrected chi connectivity index (χ4v) is 3.36. The summed E-state index contributed by atoms with van der Waals surface area (Å²) in [6.07, 6.45) is 5.91. The first-order valence-corrected chi connectivity index (χ1v) is 9.34. The van der Waals surface area contributed by atoms with E-state index >= 15 is 0 Å². The Bertz CT molecular complexity index is 739. The highest BCUT2D eigenvalue weighted by Gasteiger charge is 2.21. The lowest BCUT2D eigenvalue weighted by molar-refractivity contribution is 0.0905. The molecule has 0 radical (unpaired) electrons. The van der Waals surface area contributed by atoms with E-state index in [9.17, 15) is 0 Å². The quantitative estimate of drug-likeness (QED) is 0.747. The van der Waals surface area contributed by atoms with E-state index in [1.54, 1.807) is 25.6 Å². The summed E-state index contributed by atoms with van der Waals surface area (Å²) in [7, 11) is 1.62. The molecule has 0 saturated carbocycles. The minimum absolute atomic E-state index is 0.192. The molecule has 5 nitrogen and oxygen atoms in total. The summed E-state index contributed by atoms with van der Waals surface area (Å²) in [4.78, 5) is 6.19. The molecule has 1 aliphatic rings. The number of rotatable bonds is 6. The summed E-state index contributed by atoms with van der Waals surface area (Å²) in [6, 6.07) is 9.40. The molecule has 1 aromatic carbocycles. The summed E-state index contributed by atoms with van der Waals surface area (Å²) in [6.45, 7) is 2.23. The van der Waals surface area contributed by atoms with Crippen LogP contribution in [0.4, 0.5) is 5.69 Å². The molecular formula is C19H22ClN3O2S. The van der Waals surface area contributed by atoms with Gasteiger partial charge in [0.25, 0.3) is 0 Å². The van der Waals surface area contributed by atoms with E-state index in [1.165, 1.54) is 0 Å². The van der Waals surface area contributed by atoms with Gasteiger partial charge in [-0.05, 0) is 61.0 Å². The number of ether oxygens (including phenoxy) is 2. The Morgan fingerprint density at radius 2 is 2.19 bits per heavy atom.